The van der Waals surface area contributed by atoms with Gasteiger partial charge in [0.1, 0.15) is 0 Å². The minimum Gasteiger partial charge on any atom is -0.212 e. The lowest BCUT2D eigenvalue weighted by molar-refractivity contribution is 0.425. The highest BCUT2D eigenvalue weighted by atomic mass is 79.9. The third-order valence-electron chi connectivity index (χ3n) is 1.76. The van der Waals surface area contributed by atoms with Gasteiger partial charge in [-0.15, -0.1) is 0 Å². The van der Waals surface area contributed by atoms with E-state index in [0.717, 1.165) is 6.42 Å². The van der Waals surface area contributed by atoms with E-state index in [4.69, 9.17) is 0 Å². The first-order chi connectivity index (χ1) is 5.96. The second kappa shape index (κ2) is 5.98. The first-order valence-electron chi connectivity index (χ1n) is 4.51. The van der Waals surface area contributed by atoms with Crippen LogP contribution in [0.4, 0.5) is 0 Å². The van der Waals surface area contributed by atoms with Crippen LogP contribution in [0.1, 0.15) is 27.2 Å². The van der Waals surface area contributed by atoms with Crippen molar-refractivity contribution in [2.45, 2.75) is 32.4 Å². The molecule has 0 rings (SSSR count). The van der Waals surface area contributed by atoms with E-state index >= 15 is 0 Å². The van der Waals surface area contributed by atoms with Crippen molar-refractivity contribution in [2.75, 3.05) is 18.4 Å². The zero-order valence-corrected chi connectivity index (χ0v) is 10.9. The summed E-state index contributed by atoms with van der Waals surface area (Å²) < 4.78 is 25.0. The Kier molecular flexibility index (Phi) is 6.16. The fourth-order valence-corrected chi connectivity index (χ4v) is 3.05. The topological polar surface area (TPSA) is 37.4 Å². The number of sulfonamides is 1. The zero-order chi connectivity index (χ0) is 10.5. The molecule has 0 amide bonds. The van der Waals surface area contributed by atoms with Gasteiger partial charge in [0, 0.05) is 18.4 Å². The minimum atomic E-state index is -3.06. The van der Waals surface area contributed by atoms with E-state index in [2.05, 4.69) is 15.9 Å². The molecule has 0 aromatic rings. The normalized spacial score (nSPS) is 12.8. The van der Waals surface area contributed by atoms with Crippen molar-refractivity contribution >= 4 is 26.0 Å². The van der Waals surface area contributed by atoms with Gasteiger partial charge in [0.2, 0.25) is 10.0 Å². The molecule has 5 heteroatoms. The molecule has 0 N–H and O–H groups in total. The maximum Gasteiger partial charge on any atom is 0.216 e. The summed E-state index contributed by atoms with van der Waals surface area (Å²) in [5.41, 5.74) is 0. The lowest BCUT2D eigenvalue weighted by atomic mass is 10.5. The molecule has 0 aliphatic heterocycles. The van der Waals surface area contributed by atoms with Crippen molar-refractivity contribution in [3.05, 3.63) is 0 Å². The van der Waals surface area contributed by atoms with Crippen molar-refractivity contribution in [1.82, 2.24) is 4.31 Å². The average molecular weight is 272 g/mol. The molecule has 0 saturated heterocycles. The molecule has 0 aliphatic carbocycles. The van der Waals surface area contributed by atoms with Crippen molar-refractivity contribution in [1.29, 1.82) is 0 Å². The fourth-order valence-electron chi connectivity index (χ4n) is 1.01. The standard InChI is InChI=1S/C8H18BrNO2S/c1-4-6-10(7-5-9)13(11,12)8(2)3/h8H,4-7H2,1-3H3. The third kappa shape index (κ3) is 3.95. The zero-order valence-electron chi connectivity index (χ0n) is 8.46. The predicted octanol–water partition coefficient (Wildman–Crippen LogP) is 1.83. The van der Waals surface area contributed by atoms with Crippen molar-refractivity contribution in [3.63, 3.8) is 0 Å². The maximum absolute atomic E-state index is 11.7. The van der Waals surface area contributed by atoms with Crippen LogP contribution in [0, 0.1) is 0 Å². The van der Waals surface area contributed by atoms with Gasteiger partial charge in [-0.2, -0.15) is 0 Å². The number of alkyl halides is 1. The lowest BCUT2D eigenvalue weighted by Crippen LogP contribution is -2.38. The molecule has 0 unspecified atom stereocenters. The van der Waals surface area contributed by atoms with Gasteiger partial charge in [-0.3, -0.25) is 0 Å². The first kappa shape index (κ1) is 13.4. The van der Waals surface area contributed by atoms with Crippen LogP contribution in [0.3, 0.4) is 0 Å². The van der Waals surface area contributed by atoms with Gasteiger partial charge in [-0.1, -0.05) is 22.9 Å². The number of hydrogen-bond donors (Lipinski definition) is 0. The van der Waals surface area contributed by atoms with Gasteiger partial charge in [0.15, 0.2) is 0 Å². The Morgan fingerprint density at radius 2 is 1.85 bits per heavy atom. The number of nitrogens with zero attached hydrogens (tertiary/aromatic N) is 1. The van der Waals surface area contributed by atoms with Gasteiger partial charge in [0.25, 0.3) is 0 Å². The lowest BCUT2D eigenvalue weighted by Gasteiger charge is -2.22. The molecule has 0 saturated carbocycles. The van der Waals surface area contributed by atoms with E-state index in [1.54, 1.807) is 18.2 Å². The van der Waals surface area contributed by atoms with Gasteiger partial charge < -0.3 is 0 Å². The van der Waals surface area contributed by atoms with Crippen LogP contribution in [-0.2, 0) is 10.0 Å². The Bertz CT molecular complexity index is 220. The maximum atomic E-state index is 11.7. The van der Waals surface area contributed by atoms with E-state index in [0.29, 0.717) is 18.4 Å². The molecule has 0 spiro atoms. The average Bonchev–Trinajstić information content (AvgIpc) is 2.03. The van der Waals surface area contributed by atoms with E-state index in [1.807, 2.05) is 6.92 Å². The van der Waals surface area contributed by atoms with Crippen LogP contribution in [0.5, 0.6) is 0 Å². The molecule has 0 radical (unpaired) electrons. The Morgan fingerprint density at radius 3 is 2.15 bits per heavy atom. The molecule has 0 bridgehead atoms. The quantitative estimate of drug-likeness (QED) is 0.692. The van der Waals surface area contributed by atoms with Crippen LogP contribution in [-0.4, -0.2) is 36.4 Å². The van der Waals surface area contributed by atoms with E-state index < -0.39 is 10.0 Å². The van der Waals surface area contributed by atoms with E-state index in [9.17, 15) is 8.42 Å². The number of halogens is 1. The number of hydrogen-bond acceptors (Lipinski definition) is 2. The van der Waals surface area contributed by atoms with Crippen LogP contribution in [0.15, 0.2) is 0 Å². The molecular formula is C8H18BrNO2S. The molecule has 13 heavy (non-hydrogen) atoms. The van der Waals surface area contributed by atoms with E-state index in [1.165, 1.54) is 0 Å². The Hall–Kier alpha value is 0.390. The van der Waals surface area contributed by atoms with Crippen molar-refractivity contribution in [3.8, 4) is 0 Å². The summed E-state index contributed by atoms with van der Waals surface area (Å²) in [5.74, 6) is 0. The van der Waals surface area contributed by atoms with Gasteiger partial charge in [-0.05, 0) is 20.3 Å². The smallest absolute Gasteiger partial charge is 0.212 e. The summed E-state index contributed by atoms with van der Waals surface area (Å²) in [6, 6.07) is 0. The highest BCUT2D eigenvalue weighted by Crippen LogP contribution is 2.09. The molecule has 0 atom stereocenters. The summed E-state index contributed by atoms with van der Waals surface area (Å²) in [6.45, 7) is 6.59. The van der Waals surface area contributed by atoms with Crippen molar-refractivity contribution < 1.29 is 8.42 Å². The molecule has 0 aliphatic rings. The highest BCUT2D eigenvalue weighted by Gasteiger charge is 2.23. The molecule has 0 heterocycles. The second-order valence-corrected chi connectivity index (χ2v) is 6.46. The minimum absolute atomic E-state index is 0.321. The summed E-state index contributed by atoms with van der Waals surface area (Å²) in [4.78, 5) is 0. The van der Waals surface area contributed by atoms with Crippen LogP contribution in [0.25, 0.3) is 0 Å². The fraction of sp³-hybridized carbons (Fsp3) is 1.00. The summed E-state index contributed by atoms with van der Waals surface area (Å²) in [6.07, 6.45) is 0.860. The predicted molar refractivity (Wildman–Crippen MR) is 59.7 cm³/mol. The van der Waals surface area contributed by atoms with Gasteiger partial charge >= 0.3 is 0 Å². The summed E-state index contributed by atoms with van der Waals surface area (Å²) in [5, 5.41) is 0.372. The molecule has 80 valence electrons. The van der Waals surface area contributed by atoms with E-state index in [-0.39, 0.29) is 5.25 Å². The molecular weight excluding hydrogens is 254 g/mol. The largest absolute Gasteiger partial charge is 0.216 e. The molecule has 0 aromatic heterocycles. The summed E-state index contributed by atoms with van der Waals surface area (Å²) in [7, 11) is -3.06. The SMILES string of the molecule is CCCN(CCBr)S(=O)(=O)C(C)C. The number of rotatable bonds is 6. The first-order valence-corrected chi connectivity index (χ1v) is 7.14. The van der Waals surface area contributed by atoms with Crippen LogP contribution >= 0.6 is 15.9 Å². The molecule has 0 fully saturated rings. The van der Waals surface area contributed by atoms with Crippen molar-refractivity contribution in [2.24, 2.45) is 0 Å². The Balaban J connectivity index is 4.52. The van der Waals surface area contributed by atoms with Gasteiger partial charge in [-0.25, -0.2) is 12.7 Å². The summed E-state index contributed by atoms with van der Waals surface area (Å²) >= 11 is 3.26. The second-order valence-electron chi connectivity index (χ2n) is 3.18. The Labute approximate surface area is 89.7 Å². The molecule has 3 nitrogen and oxygen atoms in total. The third-order valence-corrected chi connectivity index (χ3v) is 4.39. The van der Waals surface area contributed by atoms with Crippen LogP contribution in [0.2, 0.25) is 0 Å². The van der Waals surface area contributed by atoms with Gasteiger partial charge in [0.05, 0.1) is 5.25 Å². The molecule has 0 aromatic carbocycles. The Morgan fingerprint density at radius 1 is 1.31 bits per heavy atom. The highest BCUT2D eigenvalue weighted by molar-refractivity contribution is 9.09. The monoisotopic (exact) mass is 271 g/mol. The van der Waals surface area contributed by atoms with Crippen LogP contribution < -0.4 is 0 Å².